The van der Waals surface area contributed by atoms with Crippen LogP contribution in [-0.4, -0.2) is 66.9 Å². The van der Waals surface area contributed by atoms with E-state index in [0.29, 0.717) is 21.9 Å². The van der Waals surface area contributed by atoms with Crippen LogP contribution >= 0.6 is 23.2 Å². The van der Waals surface area contributed by atoms with Crippen molar-refractivity contribution in [3.63, 3.8) is 0 Å². The predicted molar refractivity (Wildman–Crippen MR) is 188 cm³/mol. The third kappa shape index (κ3) is 11.5. The smallest absolute Gasteiger partial charge is 0.347 e. The molecule has 1 aliphatic rings. The molecule has 0 radical (unpaired) electrons. The van der Waals surface area contributed by atoms with Gasteiger partial charge >= 0.3 is 11.9 Å². The number of cyclic esters (lactones) is 2. The van der Waals surface area contributed by atoms with Crippen LogP contribution in [0, 0.1) is 24.2 Å². The van der Waals surface area contributed by atoms with Gasteiger partial charge in [-0.25, -0.2) is 4.79 Å². The number of ether oxygens (including phenoxy) is 3. The van der Waals surface area contributed by atoms with Gasteiger partial charge < -0.3 is 30.0 Å². The van der Waals surface area contributed by atoms with E-state index in [4.69, 9.17) is 37.4 Å². The minimum atomic E-state index is -1.25. The Morgan fingerprint density at radius 1 is 1.06 bits per heavy atom. The van der Waals surface area contributed by atoms with E-state index >= 15 is 0 Å². The number of carbonyl (C=O) groups is 4. The summed E-state index contributed by atoms with van der Waals surface area (Å²) in [5.41, 5.74) is 1.09. The van der Waals surface area contributed by atoms with Gasteiger partial charge in [-0.2, -0.15) is 0 Å². The molecule has 0 bridgehead atoms. The van der Waals surface area contributed by atoms with Crippen LogP contribution in [0.2, 0.25) is 5.02 Å². The van der Waals surface area contributed by atoms with Crippen molar-refractivity contribution in [2.75, 3.05) is 13.7 Å². The van der Waals surface area contributed by atoms with Crippen molar-refractivity contribution in [3.8, 4) is 5.75 Å². The molecule has 49 heavy (non-hydrogen) atoms. The van der Waals surface area contributed by atoms with Gasteiger partial charge in [-0.05, 0) is 62.4 Å². The molecule has 2 aromatic rings. The first-order valence-electron chi connectivity index (χ1n) is 16.4. The number of halogens is 2. The Hall–Kier alpha value is -3.60. The van der Waals surface area contributed by atoms with Crippen molar-refractivity contribution in [1.29, 1.82) is 0 Å². The van der Waals surface area contributed by atoms with Crippen molar-refractivity contribution in [2.45, 2.75) is 90.5 Å². The molecule has 0 fully saturated rings. The van der Waals surface area contributed by atoms with E-state index in [0.717, 1.165) is 5.56 Å². The standard InChI is InChI=1S/C37H48Cl2N2O8/c1-21(2)16-30-35(45)48-28(23(4)33(43)32(39)25-11-8-10-22(3)17-25)12-9-13-31(42)41-27(19-24-14-15-29(47-7)26(38)18-24)34(44)40-20-37(5,6)36(46)49-30/h8-11,13-15,17-18,21,23,27-28,30,32-33,43H,12,16,19-20H2,1-7H3,(H,40,44)(H,41,42)/b13-9+/t23-,27+,28-,30-,32-,33+/m0/s1. The number of hydrogen-bond donors (Lipinski definition) is 3. The summed E-state index contributed by atoms with van der Waals surface area (Å²) in [4.78, 5) is 53.7. The van der Waals surface area contributed by atoms with Crippen molar-refractivity contribution in [1.82, 2.24) is 10.6 Å². The summed E-state index contributed by atoms with van der Waals surface area (Å²) in [6, 6.07) is 11.5. The van der Waals surface area contributed by atoms with Gasteiger partial charge in [0.1, 0.15) is 17.9 Å². The van der Waals surface area contributed by atoms with E-state index in [1.807, 2.05) is 45.0 Å². The first-order valence-corrected chi connectivity index (χ1v) is 17.2. The molecule has 268 valence electrons. The maximum Gasteiger partial charge on any atom is 0.347 e. The van der Waals surface area contributed by atoms with E-state index in [1.165, 1.54) is 19.3 Å². The fraction of sp³-hybridized carbons (Fsp3) is 0.514. The molecule has 3 rings (SSSR count). The topological polar surface area (TPSA) is 140 Å². The number of aryl methyl sites for hydroxylation is 1. The van der Waals surface area contributed by atoms with Crippen molar-refractivity contribution in [3.05, 3.63) is 76.3 Å². The van der Waals surface area contributed by atoms with Crippen LogP contribution in [0.1, 0.15) is 69.5 Å². The average Bonchev–Trinajstić information content (AvgIpc) is 3.04. The molecule has 1 heterocycles. The van der Waals surface area contributed by atoms with Gasteiger partial charge in [0.05, 0.1) is 29.0 Å². The van der Waals surface area contributed by atoms with Crippen LogP contribution in [0.15, 0.2) is 54.6 Å². The zero-order chi connectivity index (χ0) is 36.5. The molecule has 2 aromatic carbocycles. The molecular weight excluding hydrogens is 671 g/mol. The van der Waals surface area contributed by atoms with Gasteiger partial charge in [-0.3, -0.25) is 14.4 Å². The quantitative estimate of drug-likeness (QED) is 0.224. The molecule has 10 nitrogen and oxygen atoms in total. The average molecular weight is 720 g/mol. The van der Waals surface area contributed by atoms with Gasteiger partial charge in [-0.15, -0.1) is 11.6 Å². The molecule has 0 saturated heterocycles. The molecule has 6 atom stereocenters. The maximum absolute atomic E-state index is 13.6. The number of nitrogens with one attached hydrogen (secondary N) is 2. The summed E-state index contributed by atoms with van der Waals surface area (Å²) in [5, 5.41) is 16.4. The van der Waals surface area contributed by atoms with Crippen LogP contribution in [-0.2, 0) is 35.1 Å². The molecule has 0 saturated carbocycles. The second kappa shape index (κ2) is 17.9. The van der Waals surface area contributed by atoms with Gasteiger partial charge in [0.2, 0.25) is 11.8 Å². The molecule has 0 aromatic heterocycles. The third-order valence-electron chi connectivity index (χ3n) is 8.43. The van der Waals surface area contributed by atoms with Crippen LogP contribution in [0.4, 0.5) is 0 Å². The minimum Gasteiger partial charge on any atom is -0.495 e. The molecule has 12 heteroatoms. The molecule has 3 N–H and O–H groups in total. The Labute approximate surface area is 298 Å². The van der Waals surface area contributed by atoms with E-state index in [1.54, 1.807) is 39.0 Å². The highest BCUT2D eigenvalue weighted by Gasteiger charge is 2.38. The van der Waals surface area contributed by atoms with Crippen LogP contribution in [0.5, 0.6) is 5.75 Å². The molecule has 1 aliphatic heterocycles. The minimum absolute atomic E-state index is 0.0214. The lowest BCUT2D eigenvalue weighted by atomic mass is 9.90. The Morgan fingerprint density at radius 3 is 2.41 bits per heavy atom. The number of aliphatic hydroxyl groups is 1. The summed E-state index contributed by atoms with van der Waals surface area (Å²) in [6.45, 7) is 10.4. The number of rotatable bonds is 9. The molecule has 0 unspecified atom stereocenters. The fourth-order valence-corrected chi connectivity index (χ4v) is 5.99. The highest BCUT2D eigenvalue weighted by Crippen LogP contribution is 2.33. The zero-order valence-electron chi connectivity index (χ0n) is 29.1. The Bertz CT molecular complexity index is 1510. The van der Waals surface area contributed by atoms with Gasteiger partial charge in [0, 0.05) is 25.3 Å². The lowest BCUT2D eigenvalue weighted by Crippen LogP contribution is -2.51. The first kappa shape index (κ1) is 39.8. The number of hydrogen-bond acceptors (Lipinski definition) is 8. The number of carbonyl (C=O) groups excluding carboxylic acids is 4. The normalized spacial score (nSPS) is 23.4. The number of esters is 2. The first-order chi connectivity index (χ1) is 23.0. The summed E-state index contributed by atoms with van der Waals surface area (Å²) in [6.07, 6.45) is -0.292. The van der Waals surface area contributed by atoms with Crippen molar-refractivity contribution in [2.24, 2.45) is 17.3 Å². The number of methoxy groups -OCH3 is 1. The number of aliphatic hydroxyl groups excluding tert-OH is 1. The van der Waals surface area contributed by atoms with Gasteiger partial charge in [0.25, 0.3) is 0 Å². The van der Waals surface area contributed by atoms with E-state index in [2.05, 4.69) is 10.6 Å². The summed E-state index contributed by atoms with van der Waals surface area (Å²) in [7, 11) is 1.49. The van der Waals surface area contributed by atoms with Crippen LogP contribution in [0.3, 0.4) is 0 Å². The molecular formula is C37H48Cl2N2O8. The van der Waals surface area contributed by atoms with Crippen molar-refractivity contribution >= 4 is 47.0 Å². The molecule has 0 spiro atoms. The van der Waals surface area contributed by atoms with Crippen molar-refractivity contribution < 1.29 is 38.5 Å². The Kier molecular flexibility index (Phi) is 14.5. The second-order valence-electron chi connectivity index (χ2n) is 13.6. The highest BCUT2D eigenvalue weighted by atomic mass is 35.5. The highest BCUT2D eigenvalue weighted by molar-refractivity contribution is 6.32. The van der Waals surface area contributed by atoms with E-state index in [-0.39, 0.29) is 31.7 Å². The SMILES string of the molecule is COc1ccc(C[C@H]2NC(=O)/C=C/C[C@@H]([C@H](C)[C@@H](O)[C@@H](Cl)c3cccc(C)c3)OC(=O)[C@H](CC(C)C)OC(=O)C(C)(C)CNC2=O)cc1Cl. The van der Waals surface area contributed by atoms with Gasteiger partial charge in [0.15, 0.2) is 6.10 Å². The number of amides is 2. The Balaban J connectivity index is 1.97. The number of benzene rings is 2. The molecule has 2 amide bonds. The van der Waals surface area contributed by atoms with Crippen LogP contribution < -0.4 is 15.4 Å². The second-order valence-corrected chi connectivity index (χ2v) is 14.5. The lowest BCUT2D eigenvalue weighted by Gasteiger charge is -2.32. The fourth-order valence-electron chi connectivity index (χ4n) is 5.34. The monoisotopic (exact) mass is 718 g/mol. The van der Waals surface area contributed by atoms with Crippen LogP contribution in [0.25, 0.3) is 0 Å². The Morgan fingerprint density at radius 2 is 1.78 bits per heavy atom. The third-order valence-corrected chi connectivity index (χ3v) is 9.24. The van der Waals surface area contributed by atoms with Gasteiger partial charge in [-0.1, -0.05) is 74.3 Å². The summed E-state index contributed by atoms with van der Waals surface area (Å²) in [5.74, 6) is -2.88. The number of alkyl halides is 1. The molecule has 0 aliphatic carbocycles. The van der Waals surface area contributed by atoms with E-state index in [9.17, 15) is 24.3 Å². The summed E-state index contributed by atoms with van der Waals surface area (Å²) >= 11 is 13.0. The maximum atomic E-state index is 13.6. The predicted octanol–water partition coefficient (Wildman–Crippen LogP) is 5.63. The van der Waals surface area contributed by atoms with E-state index < -0.39 is 64.8 Å². The zero-order valence-corrected chi connectivity index (χ0v) is 30.6. The summed E-state index contributed by atoms with van der Waals surface area (Å²) < 4.78 is 16.9. The lowest BCUT2D eigenvalue weighted by molar-refractivity contribution is -0.180. The largest absolute Gasteiger partial charge is 0.495 e.